The summed E-state index contributed by atoms with van der Waals surface area (Å²) in [4.78, 5) is 30.6. The van der Waals surface area contributed by atoms with Crippen molar-refractivity contribution in [1.29, 1.82) is 0 Å². The number of carbonyl (C=O) groups is 2. The summed E-state index contributed by atoms with van der Waals surface area (Å²) in [6.45, 7) is 4.84. The van der Waals surface area contributed by atoms with E-state index in [1.54, 1.807) is 29.3 Å². The molecule has 2 aliphatic rings. The summed E-state index contributed by atoms with van der Waals surface area (Å²) >= 11 is 4.81. The zero-order chi connectivity index (χ0) is 27.9. The van der Waals surface area contributed by atoms with Crippen LogP contribution in [0.1, 0.15) is 36.2 Å². The van der Waals surface area contributed by atoms with Crippen LogP contribution in [0.2, 0.25) is 0 Å². The van der Waals surface area contributed by atoms with Crippen molar-refractivity contribution in [2.24, 2.45) is 0 Å². The zero-order valence-corrected chi connectivity index (χ0v) is 22.1. The standard InChI is InChI=1S/C27H28ClF2N5O4/c1-15(2)35-23(26(38)34-10-8-19(36)14-34)13-16-11-17(12-21(24(16)35)22-7-9-31-33-22)25(37)32-18-3-5-20(6-4-18)39-27(28,29)30/h3-7,9,11-12,15,19,23,36H,8,10,13-14H2,1-2H3,(H,31,33)(H,32,37). The Labute approximate surface area is 228 Å². The molecule has 0 radical (unpaired) electrons. The first kappa shape index (κ1) is 26.9. The maximum absolute atomic E-state index is 13.6. The van der Waals surface area contributed by atoms with Crippen molar-refractivity contribution in [3.63, 3.8) is 0 Å². The summed E-state index contributed by atoms with van der Waals surface area (Å²) in [6, 6.07) is 10.2. The Morgan fingerprint density at radius 2 is 1.97 bits per heavy atom. The third-order valence-electron chi connectivity index (χ3n) is 6.91. The number of carbonyl (C=O) groups excluding carboxylic acids is 2. The van der Waals surface area contributed by atoms with Crippen molar-refractivity contribution in [2.45, 2.75) is 50.4 Å². The van der Waals surface area contributed by atoms with Gasteiger partial charge in [-0.1, -0.05) is 0 Å². The van der Waals surface area contributed by atoms with Gasteiger partial charge < -0.3 is 25.0 Å². The van der Waals surface area contributed by atoms with Gasteiger partial charge in [-0.2, -0.15) is 5.10 Å². The van der Waals surface area contributed by atoms with E-state index >= 15 is 0 Å². The van der Waals surface area contributed by atoms with E-state index in [1.165, 1.54) is 24.3 Å². The number of amides is 2. The molecule has 2 aromatic carbocycles. The zero-order valence-electron chi connectivity index (χ0n) is 21.3. The third kappa shape index (κ3) is 5.69. The summed E-state index contributed by atoms with van der Waals surface area (Å²) < 4.78 is 30.1. The van der Waals surface area contributed by atoms with E-state index in [0.29, 0.717) is 42.9 Å². The highest BCUT2D eigenvalue weighted by Gasteiger charge is 2.41. The molecule has 9 nitrogen and oxygen atoms in total. The molecular weight excluding hydrogens is 532 g/mol. The molecule has 206 valence electrons. The van der Waals surface area contributed by atoms with Crippen molar-refractivity contribution >= 4 is 34.8 Å². The van der Waals surface area contributed by atoms with Crippen LogP contribution in [-0.4, -0.2) is 68.9 Å². The first-order valence-corrected chi connectivity index (χ1v) is 13.0. The van der Waals surface area contributed by atoms with Crippen LogP contribution in [-0.2, 0) is 11.2 Å². The lowest BCUT2D eigenvalue weighted by Crippen LogP contribution is -2.49. The third-order valence-corrected chi connectivity index (χ3v) is 6.99. The SMILES string of the molecule is CC(C)N1c2c(cc(C(=O)Nc3ccc(OC(F)(F)Cl)cc3)cc2-c2ccn[nH]2)CC1C(=O)N1CCC(O)C1. The Balaban J connectivity index is 1.46. The topological polar surface area (TPSA) is 111 Å². The Morgan fingerprint density at radius 1 is 1.23 bits per heavy atom. The van der Waals surface area contributed by atoms with Gasteiger partial charge in [-0.25, -0.2) is 0 Å². The number of hydrogen-bond donors (Lipinski definition) is 3. The van der Waals surface area contributed by atoms with E-state index in [0.717, 1.165) is 16.8 Å². The number of fused-ring (bicyclic) bond motifs is 1. The lowest BCUT2D eigenvalue weighted by Gasteiger charge is -2.34. The molecule has 1 saturated heterocycles. The predicted molar refractivity (Wildman–Crippen MR) is 142 cm³/mol. The number of H-pyrrole nitrogens is 1. The van der Waals surface area contributed by atoms with Gasteiger partial charge in [-0.3, -0.25) is 14.7 Å². The van der Waals surface area contributed by atoms with Crippen LogP contribution >= 0.6 is 11.6 Å². The molecule has 2 amide bonds. The monoisotopic (exact) mass is 559 g/mol. The first-order valence-electron chi connectivity index (χ1n) is 12.6. The highest BCUT2D eigenvalue weighted by Crippen LogP contribution is 2.43. The lowest BCUT2D eigenvalue weighted by molar-refractivity contribution is -0.131. The second-order valence-electron chi connectivity index (χ2n) is 9.98. The average Bonchev–Trinajstić information content (AvgIpc) is 3.63. The van der Waals surface area contributed by atoms with E-state index in [-0.39, 0.29) is 17.7 Å². The van der Waals surface area contributed by atoms with Crippen LogP contribution < -0.4 is 15.0 Å². The molecule has 2 aliphatic heterocycles. The van der Waals surface area contributed by atoms with Crippen LogP contribution in [0.3, 0.4) is 0 Å². The molecule has 0 aliphatic carbocycles. The molecule has 39 heavy (non-hydrogen) atoms. The number of aliphatic hydroxyl groups is 1. The van der Waals surface area contributed by atoms with E-state index in [2.05, 4.69) is 25.2 Å². The number of hydrogen-bond acceptors (Lipinski definition) is 6. The Morgan fingerprint density at radius 3 is 2.56 bits per heavy atom. The minimum absolute atomic E-state index is 0.0184. The first-order chi connectivity index (χ1) is 18.5. The van der Waals surface area contributed by atoms with Gasteiger partial charge in [-0.05, 0) is 68.3 Å². The van der Waals surface area contributed by atoms with Crippen LogP contribution in [0.5, 0.6) is 5.75 Å². The molecule has 3 N–H and O–H groups in total. The van der Waals surface area contributed by atoms with Gasteiger partial charge in [-0.15, -0.1) is 8.78 Å². The van der Waals surface area contributed by atoms with Gasteiger partial charge in [0.05, 0.1) is 17.5 Å². The van der Waals surface area contributed by atoms with Crippen molar-refractivity contribution < 1.29 is 28.2 Å². The van der Waals surface area contributed by atoms with Gasteiger partial charge in [0.2, 0.25) is 5.91 Å². The highest BCUT2D eigenvalue weighted by atomic mass is 35.5. The van der Waals surface area contributed by atoms with Gasteiger partial charge >= 0.3 is 5.57 Å². The summed E-state index contributed by atoms with van der Waals surface area (Å²) in [7, 11) is 0. The molecule has 0 saturated carbocycles. The normalized spacial score (nSPS) is 18.9. The largest absolute Gasteiger partial charge is 0.487 e. The molecule has 3 aromatic rings. The number of aliphatic hydroxyl groups excluding tert-OH is 1. The predicted octanol–water partition coefficient (Wildman–Crippen LogP) is 4.23. The van der Waals surface area contributed by atoms with E-state index in [4.69, 9.17) is 11.6 Å². The van der Waals surface area contributed by atoms with Crippen LogP contribution in [0.4, 0.5) is 20.2 Å². The maximum Gasteiger partial charge on any atom is 0.487 e. The van der Waals surface area contributed by atoms with Gasteiger partial charge in [0.15, 0.2) is 0 Å². The number of alkyl halides is 3. The van der Waals surface area contributed by atoms with Gasteiger partial charge in [0, 0.05) is 60.2 Å². The molecule has 0 bridgehead atoms. The second kappa shape index (κ2) is 10.5. The summed E-state index contributed by atoms with van der Waals surface area (Å²) in [5.41, 5.74) is 0.0151. The summed E-state index contributed by atoms with van der Waals surface area (Å²) in [5, 5.41) is 19.8. The number of benzene rings is 2. The number of β-amino-alcohol motifs (C(OH)–C–C–N with tert-alkyl or cyclic N) is 1. The number of ether oxygens (including phenoxy) is 1. The number of aromatic nitrogens is 2. The van der Waals surface area contributed by atoms with Crippen molar-refractivity contribution in [2.75, 3.05) is 23.3 Å². The average molecular weight is 560 g/mol. The fourth-order valence-corrected chi connectivity index (χ4v) is 5.37. The second-order valence-corrected chi connectivity index (χ2v) is 10.4. The minimum atomic E-state index is -3.84. The van der Waals surface area contributed by atoms with Crippen LogP contribution in [0.25, 0.3) is 11.3 Å². The fourth-order valence-electron chi connectivity index (χ4n) is 5.28. The lowest BCUT2D eigenvalue weighted by atomic mass is 9.99. The van der Waals surface area contributed by atoms with Crippen molar-refractivity contribution in [3.05, 3.63) is 59.8 Å². The number of nitrogens with zero attached hydrogens (tertiary/aromatic N) is 3. The summed E-state index contributed by atoms with van der Waals surface area (Å²) in [6.07, 6.45) is 2.05. The quantitative estimate of drug-likeness (QED) is 0.374. The van der Waals surface area contributed by atoms with Crippen LogP contribution in [0.15, 0.2) is 48.7 Å². The number of likely N-dealkylation sites (tertiary alicyclic amines) is 1. The van der Waals surface area contributed by atoms with Crippen molar-refractivity contribution in [3.8, 4) is 17.0 Å². The van der Waals surface area contributed by atoms with E-state index in [9.17, 15) is 23.5 Å². The van der Waals surface area contributed by atoms with Crippen LogP contribution in [0, 0.1) is 0 Å². The van der Waals surface area contributed by atoms with E-state index in [1.807, 2.05) is 13.8 Å². The fraction of sp³-hybridized carbons (Fsp3) is 0.370. The summed E-state index contributed by atoms with van der Waals surface area (Å²) in [5.74, 6) is -0.617. The molecule has 1 fully saturated rings. The van der Waals surface area contributed by atoms with E-state index < -0.39 is 23.6 Å². The molecule has 0 spiro atoms. The Bertz CT molecular complexity index is 1360. The molecule has 2 unspecified atom stereocenters. The highest BCUT2D eigenvalue weighted by molar-refractivity contribution is 6.20. The molecule has 12 heteroatoms. The number of aromatic amines is 1. The Hall–Kier alpha value is -3.70. The number of anilines is 2. The van der Waals surface area contributed by atoms with Crippen molar-refractivity contribution in [1.82, 2.24) is 15.1 Å². The molecule has 3 heterocycles. The molecular formula is C27H28ClF2N5O4. The smallest absolute Gasteiger partial charge is 0.420 e. The minimum Gasteiger partial charge on any atom is -0.420 e. The maximum atomic E-state index is 13.6. The number of nitrogens with one attached hydrogen (secondary N) is 2. The van der Waals surface area contributed by atoms with Gasteiger partial charge in [0.1, 0.15) is 11.8 Å². The number of rotatable bonds is 7. The Kier molecular flexibility index (Phi) is 7.21. The number of halogens is 3. The van der Waals surface area contributed by atoms with Gasteiger partial charge in [0.25, 0.3) is 5.91 Å². The molecule has 1 aromatic heterocycles. The molecule has 2 atom stereocenters. The molecule has 5 rings (SSSR count).